The van der Waals surface area contributed by atoms with Gasteiger partial charge in [-0.2, -0.15) is 0 Å². The molecule has 0 spiro atoms. The average molecular weight is 303 g/mol. The molecule has 0 bridgehead atoms. The zero-order chi connectivity index (χ0) is 13.0. The van der Waals surface area contributed by atoms with Gasteiger partial charge >= 0.3 is 0 Å². The fourth-order valence-electron chi connectivity index (χ4n) is 1.63. The second kappa shape index (κ2) is 6.45. The van der Waals surface area contributed by atoms with Crippen molar-refractivity contribution in [2.75, 3.05) is 19.0 Å². The molecule has 1 aliphatic heterocycles. The van der Waals surface area contributed by atoms with E-state index in [1.54, 1.807) is 4.90 Å². The number of alkyl halides is 1. The molecule has 18 heavy (non-hydrogen) atoms. The third-order valence-corrected chi connectivity index (χ3v) is 4.02. The molecule has 0 saturated heterocycles. The van der Waals surface area contributed by atoms with Crippen LogP contribution in [0.5, 0.6) is 0 Å². The van der Waals surface area contributed by atoms with Gasteiger partial charge in [-0.05, 0) is 17.7 Å². The Morgan fingerprint density at radius 1 is 1.50 bits per heavy atom. The normalized spacial score (nSPS) is 14.8. The van der Waals surface area contributed by atoms with Gasteiger partial charge in [0.05, 0.1) is 6.54 Å². The molecule has 1 amide bonds. The summed E-state index contributed by atoms with van der Waals surface area (Å²) in [6.07, 6.45) is 0. The van der Waals surface area contributed by atoms with Gasteiger partial charge in [-0.3, -0.25) is 14.7 Å². The summed E-state index contributed by atoms with van der Waals surface area (Å²) < 4.78 is 0. The molecular formula is C12H12Cl2N2OS. The van der Waals surface area contributed by atoms with E-state index in [9.17, 15) is 4.79 Å². The van der Waals surface area contributed by atoms with Gasteiger partial charge in [-0.1, -0.05) is 35.5 Å². The van der Waals surface area contributed by atoms with Gasteiger partial charge < -0.3 is 0 Å². The van der Waals surface area contributed by atoms with Crippen LogP contribution in [0.15, 0.2) is 29.3 Å². The van der Waals surface area contributed by atoms with E-state index in [0.29, 0.717) is 13.1 Å². The van der Waals surface area contributed by atoms with Gasteiger partial charge in [0.2, 0.25) is 5.91 Å². The molecule has 0 atom stereocenters. The highest BCUT2D eigenvalue weighted by Gasteiger charge is 2.22. The van der Waals surface area contributed by atoms with Gasteiger partial charge in [0.25, 0.3) is 0 Å². The van der Waals surface area contributed by atoms with Crippen molar-refractivity contribution in [2.45, 2.75) is 5.75 Å². The third kappa shape index (κ3) is 3.40. The number of hydrogen-bond acceptors (Lipinski definition) is 3. The van der Waals surface area contributed by atoms with E-state index in [0.717, 1.165) is 21.5 Å². The van der Waals surface area contributed by atoms with E-state index in [4.69, 9.17) is 23.2 Å². The first-order valence-corrected chi connectivity index (χ1v) is 7.38. The average Bonchev–Trinajstić information content (AvgIpc) is 2.84. The topological polar surface area (TPSA) is 32.7 Å². The summed E-state index contributed by atoms with van der Waals surface area (Å²) in [5, 5.41) is 1.47. The van der Waals surface area contributed by atoms with Crippen LogP contribution in [0.1, 0.15) is 5.56 Å². The molecule has 0 aromatic heterocycles. The zero-order valence-corrected chi connectivity index (χ0v) is 11.9. The van der Waals surface area contributed by atoms with Crippen LogP contribution in [-0.2, 0) is 10.5 Å². The molecule has 6 heteroatoms. The van der Waals surface area contributed by atoms with Gasteiger partial charge in [0.15, 0.2) is 5.17 Å². The smallest absolute Gasteiger partial charge is 0.243 e. The van der Waals surface area contributed by atoms with Gasteiger partial charge in [-0.25, -0.2) is 0 Å². The predicted octanol–water partition coefficient (Wildman–Crippen LogP) is 3.01. The molecule has 1 aromatic carbocycles. The molecule has 0 N–H and O–H groups in total. The SMILES string of the molecule is O=C(CCl)N1CCN=C1SCc1cccc(Cl)c1. The van der Waals surface area contributed by atoms with Crippen molar-refractivity contribution in [3.8, 4) is 0 Å². The summed E-state index contributed by atoms with van der Waals surface area (Å²) in [5.41, 5.74) is 1.11. The molecule has 2 rings (SSSR count). The monoisotopic (exact) mass is 302 g/mol. The largest absolute Gasteiger partial charge is 0.289 e. The van der Waals surface area contributed by atoms with Crippen LogP contribution in [0.25, 0.3) is 0 Å². The first-order chi connectivity index (χ1) is 8.70. The van der Waals surface area contributed by atoms with Crippen LogP contribution < -0.4 is 0 Å². The minimum Gasteiger partial charge on any atom is -0.289 e. The predicted molar refractivity (Wildman–Crippen MR) is 77.5 cm³/mol. The third-order valence-electron chi connectivity index (χ3n) is 2.47. The maximum absolute atomic E-state index is 11.6. The molecule has 3 nitrogen and oxygen atoms in total. The highest BCUT2D eigenvalue weighted by atomic mass is 35.5. The summed E-state index contributed by atoms with van der Waals surface area (Å²) in [6.45, 7) is 1.28. The first-order valence-electron chi connectivity index (χ1n) is 5.48. The number of carbonyl (C=O) groups is 1. The van der Waals surface area contributed by atoms with E-state index in [-0.39, 0.29) is 11.8 Å². The molecule has 0 fully saturated rings. The van der Waals surface area contributed by atoms with Crippen LogP contribution in [0, 0.1) is 0 Å². The lowest BCUT2D eigenvalue weighted by atomic mass is 10.2. The molecule has 96 valence electrons. The van der Waals surface area contributed by atoms with Gasteiger partial charge in [0, 0.05) is 17.3 Å². The number of benzene rings is 1. The number of aliphatic imine (C=N–C) groups is 1. The maximum Gasteiger partial charge on any atom is 0.243 e. The standard InChI is InChI=1S/C12H12Cl2N2OS/c13-7-11(17)16-5-4-15-12(16)18-8-9-2-1-3-10(14)6-9/h1-3,6H,4-5,7-8H2. The second-order valence-corrected chi connectivity index (χ2v) is 5.41. The van der Waals surface area contributed by atoms with E-state index >= 15 is 0 Å². The van der Waals surface area contributed by atoms with E-state index in [1.807, 2.05) is 24.3 Å². The van der Waals surface area contributed by atoms with E-state index < -0.39 is 0 Å². The minimum absolute atomic E-state index is 0.00323. The van der Waals surface area contributed by atoms with E-state index in [2.05, 4.69) is 4.99 Å². The number of nitrogens with zero attached hydrogens (tertiary/aromatic N) is 2. The lowest BCUT2D eigenvalue weighted by Crippen LogP contribution is -2.33. The van der Waals surface area contributed by atoms with Crippen molar-refractivity contribution in [1.82, 2.24) is 4.90 Å². The minimum atomic E-state index is -0.0912. The quantitative estimate of drug-likeness (QED) is 0.804. The van der Waals surface area contributed by atoms with Crippen molar-refractivity contribution < 1.29 is 4.79 Å². The number of carbonyl (C=O) groups excluding carboxylic acids is 1. The molecule has 0 saturated carbocycles. The number of thioether (sulfide) groups is 1. The Bertz CT molecular complexity index is 479. The summed E-state index contributed by atoms with van der Waals surface area (Å²) in [4.78, 5) is 17.5. The lowest BCUT2D eigenvalue weighted by Gasteiger charge is -2.16. The summed E-state index contributed by atoms with van der Waals surface area (Å²) in [5.74, 6) is 0.647. The number of amides is 1. The highest BCUT2D eigenvalue weighted by Crippen LogP contribution is 2.21. The molecule has 1 heterocycles. The summed E-state index contributed by atoms with van der Waals surface area (Å²) in [7, 11) is 0. The Morgan fingerprint density at radius 2 is 2.33 bits per heavy atom. The first kappa shape index (κ1) is 13.7. The van der Waals surface area contributed by atoms with Crippen molar-refractivity contribution >= 4 is 46.0 Å². The summed E-state index contributed by atoms with van der Waals surface area (Å²) >= 11 is 13.0. The maximum atomic E-state index is 11.6. The molecule has 0 radical (unpaired) electrons. The van der Waals surface area contributed by atoms with E-state index in [1.165, 1.54) is 11.8 Å². The van der Waals surface area contributed by atoms with Crippen LogP contribution in [0.3, 0.4) is 0 Å². The van der Waals surface area contributed by atoms with Crippen LogP contribution in [0.2, 0.25) is 5.02 Å². The summed E-state index contributed by atoms with van der Waals surface area (Å²) in [6, 6.07) is 7.67. The fourth-order valence-corrected chi connectivity index (χ4v) is 2.99. The second-order valence-electron chi connectivity index (χ2n) is 3.76. The molecule has 0 unspecified atom stereocenters. The number of amidine groups is 1. The van der Waals surface area contributed by atoms with Crippen molar-refractivity contribution in [1.29, 1.82) is 0 Å². The fraction of sp³-hybridized carbons (Fsp3) is 0.333. The number of rotatable bonds is 3. The van der Waals surface area contributed by atoms with Crippen LogP contribution >= 0.6 is 35.0 Å². The highest BCUT2D eigenvalue weighted by molar-refractivity contribution is 8.13. The Hall–Kier alpha value is -0.710. The van der Waals surface area contributed by atoms with Crippen molar-refractivity contribution in [2.24, 2.45) is 4.99 Å². The zero-order valence-electron chi connectivity index (χ0n) is 9.60. The van der Waals surface area contributed by atoms with Crippen molar-refractivity contribution in [3.05, 3.63) is 34.9 Å². The molecule has 1 aliphatic rings. The molecular weight excluding hydrogens is 291 g/mol. The van der Waals surface area contributed by atoms with Crippen molar-refractivity contribution in [3.63, 3.8) is 0 Å². The van der Waals surface area contributed by atoms with Crippen LogP contribution in [0.4, 0.5) is 0 Å². The molecule has 0 aliphatic carbocycles. The number of halogens is 2. The lowest BCUT2D eigenvalue weighted by molar-refractivity contribution is -0.124. The van der Waals surface area contributed by atoms with Gasteiger partial charge in [-0.15, -0.1) is 11.6 Å². The Kier molecular flexibility index (Phi) is 4.92. The molecule has 1 aromatic rings. The van der Waals surface area contributed by atoms with Crippen LogP contribution in [-0.4, -0.2) is 34.9 Å². The Balaban J connectivity index is 1.96. The Labute approximate surface area is 120 Å². The van der Waals surface area contributed by atoms with Gasteiger partial charge in [0.1, 0.15) is 5.88 Å². The Morgan fingerprint density at radius 3 is 3.06 bits per heavy atom. The number of hydrogen-bond donors (Lipinski definition) is 0.